The molecule has 154 valence electrons. The van der Waals surface area contributed by atoms with Crippen molar-refractivity contribution in [1.29, 1.82) is 0 Å². The van der Waals surface area contributed by atoms with Gasteiger partial charge in [-0.3, -0.25) is 9.59 Å². The summed E-state index contributed by atoms with van der Waals surface area (Å²) in [5.41, 5.74) is 9.19. The Labute approximate surface area is 180 Å². The van der Waals surface area contributed by atoms with Gasteiger partial charge in [-0.25, -0.2) is 0 Å². The minimum Gasteiger partial charge on any atom is -0.392 e. The van der Waals surface area contributed by atoms with Crippen molar-refractivity contribution in [3.63, 3.8) is 0 Å². The largest absolute Gasteiger partial charge is 0.392 e. The zero-order valence-electron chi connectivity index (χ0n) is 16.4. The molecule has 2 amide bonds. The molecule has 5 N–H and O–H groups in total. The Balaban J connectivity index is 1.39. The summed E-state index contributed by atoms with van der Waals surface area (Å²) in [5.74, 6) is -0.288. The number of hydrogen-bond donors (Lipinski definition) is 4. The molecule has 7 heteroatoms. The van der Waals surface area contributed by atoms with E-state index in [1.165, 1.54) is 5.56 Å². The van der Waals surface area contributed by atoms with Crippen molar-refractivity contribution in [3.8, 4) is 11.1 Å². The molecule has 0 unspecified atom stereocenters. The van der Waals surface area contributed by atoms with Gasteiger partial charge in [0.2, 0.25) is 0 Å². The van der Waals surface area contributed by atoms with E-state index in [2.05, 4.69) is 46.8 Å². The van der Waals surface area contributed by atoms with Crippen LogP contribution < -0.4 is 21.7 Å². The van der Waals surface area contributed by atoms with E-state index >= 15 is 0 Å². The molecule has 0 radical (unpaired) electrons. The predicted octanol–water partition coefficient (Wildman–Crippen LogP) is 3.12. The first kappa shape index (κ1) is 20.0. The third-order valence-electron chi connectivity index (χ3n) is 5.61. The number of nitrogens with two attached hydrogens (primary N) is 1. The SMILES string of the molecule is C=C1NC(=O)C(N)=C(C(=O)N[C@H]2CC[C@@H](c3ccc(-c4ccc(Cl)cc4)cc3)C2)N1. The Morgan fingerprint density at radius 3 is 2.33 bits per heavy atom. The number of carbonyl (C=O) groups is 2. The van der Waals surface area contributed by atoms with Gasteiger partial charge < -0.3 is 21.7 Å². The van der Waals surface area contributed by atoms with E-state index < -0.39 is 5.91 Å². The first-order chi connectivity index (χ1) is 14.4. The zero-order valence-corrected chi connectivity index (χ0v) is 17.1. The second-order valence-corrected chi connectivity index (χ2v) is 8.09. The average Bonchev–Trinajstić information content (AvgIpc) is 3.20. The molecule has 0 saturated heterocycles. The summed E-state index contributed by atoms with van der Waals surface area (Å²) >= 11 is 5.96. The Hall–Kier alpha value is -3.25. The van der Waals surface area contributed by atoms with Gasteiger partial charge in [0.05, 0.1) is 0 Å². The summed E-state index contributed by atoms with van der Waals surface area (Å²) in [6, 6.07) is 16.3. The normalized spacial score (nSPS) is 21.2. The Bertz CT molecular complexity index is 1030. The van der Waals surface area contributed by atoms with Gasteiger partial charge >= 0.3 is 0 Å². The highest BCUT2D eigenvalue weighted by Gasteiger charge is 2.30. The fourth-order valence-corrected chi connectivity index (χ4v) is 4.14. The Kier molecular flexibility index (Phi) is 5.50. The molecule has 2 atom stereocenters. The van der Waals surface area contributed by atoms with Crippen molar-refractivity contribution in [2.24, 2.45) is 5.73 Å². The van der Waals surface area contributed by atoms with Gasteiger partial charge in [0.1, 0.15) is 17.2 Å². The topological polar surface area (TPSA) is 96.2 Å². The first-order valence-electron chi connectivity index (χ1n) is 9.84. The molecule has 2 aromatic rings. The van der Waals surface area contributed by atoms with Gasteiger partial charge in [0.15, 0.2) is 0 Å². The highest BCUT2D eigenvalue weighted by Crippen LogP contribution is 2.35. The molecule has 6 nitrogen and oxygen atoms in total. The first-order valence-corrected chi connectivity index (χ1v) is 10.2. The number of hydrogen-bond acceptors (Lipinski definition) is 4. The summed E-state index contributed by atoms with van der Waals surface area (Å²) in [6.45, 7) is 3.63. The van der Waals surface area contributed by atoms with E-state index in [-0.39, 0.29) is 29.2 Å². The van der Waals surface area contributed by atoms with E-state index in [9.17, 15) is 9.59 Å². The van der Waals surface area contributed by atoms with Crippen LogP contribution in [0.3, 0.4) is 0 Å². The van der Waals surface area contributed by atoms with Crippen LogP contribution in [0.25, 0.3) is 11.1 Å². The minimum atomic E-state index is -0.519. The molecule has 1 aliphatic carbocycles. The Morgan fingerprint density at radius 1 is 1.03 bits per heavy atom. The van der Waals surface area contributed by atoms with Crippen molar-refractivity contribution in [2.45, 2.75) is 31.2 Å². The van der Waals surface area contributed by atoms with Crippen LogP contribution in [0.5, 0.6) is 0 Å². The molecule has 1 saturated carbocycles. The summed E-state index contributed by atoms with van der Waals surface area (Å²) in [4.78, 5) is 24.3. The molecular weight excluding hydrogens is 400 g/mol. The van der Waals surface area contributed by atoms with Crippen LogP contribution in [-0.2, 0) is 9.59 Å². The molecule has 2 aliphatic rings. The number of benzene rings is 2. The van der Waals surface area contributed by atoms with E-state index in [4.69, 9.17) is 17.3 Å². The lowest BCUT2D eigenvalue weighted by atomic mass is 9.95. The smallest absolute Gasteiger partial charge is 0.274 e. The maximum absolute atomic E-state index is 12.6. The number of carbonyl (C=O) groups excluding carboxylic acids is 2. The Morgan fingerprint density at radius 2 is 1.67 bits per heavy atom. The van der Waals surface area contributed by atoms with Crippen LogP contribution in [0.15, 0.2) is 72.3 Å². The molecule has 1 fully saturated rings. The summed E-state index contributed by atoms with van der Waals surface area (Å²) < 4.78 is 0. The fraction of sp³-hybridized carbons (Fsp3) is 0.217. The van der Waals surface area contributed by atoms with Crippen molar-refractivity contribution in [1.82, 2.24) is 16.0 Å². The van der Waals surface area contributed by atoms with Crippen molar-refractivity contribution in [3.05, 3.63) is 82.9 Å². The standard InChI is InChI=1S/C23H23ClN4O2/c1-13-26-21(20(25)22(29)27-13)23(30)28-19-11-8-17(12-19)16-4-2-14(3-5-16)15-6-9-18(24)10-7-15/h2-7,9-10,17,19,26H,1,8,11-12,25H2,(H,27,29)(H,28,30)/t17-,19+/m1/s1. The van der Waals surface area contributed by atoms with Gasteiger partial charge in [-0.15, -0.1) is 0 Å². The third-order valence-corrected chi connectivity index (χ3v) is 5.86. The van der Waals surface area contributed by atoms with Gasteiger partial charge in [-0.05, 0) is 54.0 Å². The zero-order chi connectivity index (χ0) is 21.3. The monoisotopic (exact) mass is 422 g/mol. The van der Waals surface area contributed by atoms with Gasteiger partial charge in [-0.2, -0.15) is 0 Å². The number of nitrogens with one attached hydrogen (secondary N) is 3. The van der Waals surface area contributed by atoms with Crippen LogP contribution in [0, 0.1) is 0 Å². The third kappa shape index (κ3) is 4.19. The van der Waals surface area contributed by atoms with Gasteiger partial charge in [0, 0.05) is 11.1 Å². The maximum Gasteiger partial charge on any atom is 0.274 e. The van der Waals surface area contributed by atoms with E-state index in [1.807, 2.05) is 24.3 Å². The number of halogens is 1. The lowest BCUT2D eigenvalue weighted by Crippen LogP contribution is -2.47. The number of rotatable bonds is 4. The molecule has 0 bridgehead atoms. The summed E-state index contributed by atoms with van der Waals surface area (Å²) in [5, 5.41) is 8.90. The summed E-state index contributed by atoms with van der Waals surface area (Å²) in [7, 11) is 0. The minimum absolute atomic E-state index is 0.0267. The second kappa shape index (κ2) is 8.24. The lowest BCUT2D eigenvalue weighted by Gasteiger charge is -2.22. The van der Waals surface area contributed by atoms with Crippen LogP contribution in [0.1, 0.15) is 30.7 Å². The molecule has 30 heavy (non-hydrogen) atoms. The molecule has 0 spiro atoms. The molecular formula is C23H23ClN4O2. The maximum atomic E-state index is 12.6. The van der Waals surface area contributed by atoms with Crippen LogP contribution in [-0.4, -0.2) is 17.9 Å². The highest BCUT2D eigenvalue weighted by atomic mass is 35.5. The van der Waals surface area contributed by atoms with E-state index in [0.29, 0.717) is 5.92 Å². The van der Waals surface area contributed by atoms with Crippen LogP contribution in [0.2, 0.25) is 5.02 Å². The second-order valence-electron chi connectivity index (χ2n) is 7.66. The van der Waals surface area contributed by atoms with Crippen molar-refractivity contribution in [2.75, 3.05) is 0 Å². The molecule has 4 rings (SSSR count). The van der Waals surface area contributed by atoms with E-state index in [0.717, 1.165) is 35.4 Å². The average molecular weight is 423 g/mol. The summed E-state index contributed by atoms with van der Waals surface area (Å²) in [6.07, 6.45) is 2.70. The van der Waals surface area contributed by atoms with E-state index in [1.54, 1.807) is 0 Å². The quantitative estimate of drug-likeness (QED) is 0.608. The molecule has 2 aromatic carbocycles. The van der Waals surface area contributed by atoms with Gasteiger partial charge in [0.25, 0.3) is 11.8 Å². The highest BCUT2D eigenvalue weighted by molar-refractivity contribution is 6.30. The molecule has 1 aliphatic heterocycles. The van der Waals surface area contributed by atoms with Gasteiger partial charge in [-0.1, -0.05) is 54.6 Å². The van der Waals surface area contributed by atoms with Crippen LogP contribution in [0.4, 0.5) is 0 Å². The van der Waals surface area contributed by atoms with Crippen LogP contribution >= 0.6 is 11.6 Å². The fourth-order valence-electron chi connectivity index (χ4n) is 4.01. The number of amides is 2. The molecule has 1 heterocycles. The van der Waals surface area contributed by atoms with Crippen molar-refractivity contribution >= 4 is 23.4 Å². The lowest BCUT2D eigenvalue weighted by molar-refractivity contribution is -0.121. The molecule has 0 aromatic heterocycles. The predicted molar refractivity (Wildman–Crippen MR) is 117 cm³/mol. The van der Waals surface area contributed by atoms with Crippen molar-refractivity contribution < 1.29 is 9.59 Å².